The van der Waals surface area contributed by atoms with Crippen LogP contribution >= 0.6 is 11.6 Å². The van der Waals surface area contributed by atoms with Crippen molar-refractivity contribution >= 4 is 28.6 Å². The van der Waals surface area contributed by atoms with Crippen molar-refractivity contribution in [1.82, 2.24) is 25.0 Å². The third-order valence-corrected chi connectivity index (χ3v) is 4.72. The van der Waals surface area contributed by atoms with Gasteiger partial charge in [-0.1, -0.05) is 22.9 Å². The normalized spacial score (nSPS) is 17.1. The molecule has 1 atom stereocenters. The van der Waals surface area contributed by atoms with Gasteiger partial charge < -0.3 is 10.1 Å². The average Bonchev–Trinajstić information content (AvgIpc) is 3.26. The average molecular weight is 377 g/mol. The number of nitrogens with zero attached hydrogens (tertiary/aromatic N) is 5. The van der Waals surface area contributed by atoms with Gasteiger partial charge in [0.15, 0.2) is 17.0 Å². The van der Waals surface area contributed by atoms with E-state index in [-0.39, 0.29) is 18.5 Å². The molecule has 1 N–H and O–H groups in total. The van der Waals surface area contributed by atoms with Gasteiger partial charge in [0.2, 0.25) is 0 Å². The van der Waals surface area contributed by atoms with Crippen molar-refractivity contribution in [3.8, 4) is 0 Å². The number of benzene rings is 1. The van der Waals surface area contributed by atoms with Crippen LogP contribution in [0.4, 0.5) is 10.2 Å². The summed E-state index contributed by atoms with van der Waals surface area (Å²) in [6, 6.07) is 4.59. The second kappa shape index (κ2) is 7.13. The van der Waals surface area contributed by atoms with Crippen molar-refractivity contribution in [2.75, 3.05) is 18.5 Å². The molecule has 1 aromatic carbocycles. The zero-order chi connectivity index (χ0) is 18.1. The maximum atomic E-state index is 14.1. The third kappa shape index (κ3) is 3.34. The Morgan fingerprint density at radius 2 is 2.27 bits per heavy atom. The summed E-state index contributed by atoms with van der Waals surface area (Å²) >= 11 is 6.12. The summed E-state index contributed by atoms with van der Waals surface area (Å²) in [7, 11) is 0. The molecule has 7 nitrogen and oxygen atoms in total. The Morgan fingerprint density at radius 1 is 1.38 bits per heavy atom. The minimum Gasteiger partial charge on any atom is -0.376 e. The topological polar surface area (TPSA) is 77.8 Å². The van der Waals surface area contributed by atoms with Crippen molar-refractivity contribution in [3.05, 3.63) is 40.4 Å². The molecule has 1 aliphatic rings. The SMILES string of the molecule is Cc1nc(NC[C@H]2CCCO2)c2nnn(Cc3c(F)cccc3Cl)c2n1. The van der Waals surface area contributed by atoms with Crippen molar-refractivity contribution < 1.29 is 9.13 Å². The maximum absolute atomic E-state index is 14.1. The Labute approximate surface area is 154 Å². The molecule has 9 heteroatoms. The molecule has 136 valence electrons. The van der Waals surface area contributed by atoms with Gasteiger partial charge in [0.05, 0.1) is 12.6 Å². The highest BCUT2D eigenvalue weighted by molar-refractivity contribution is 6.31. The van der Waals surface area contributed by atoms with Gasteiger partial charge in [0, 0.05) is 23.7 Å². The van der Waals surface area contributed by atoms with Gasteiger partial charge in [-0.15, -0.1) is 5.10 Å². The van der Waals surface area contributed by atoms with Crippen LogP contribution in [-0.4, -0.2) is 44.2 Å². The molecule has 0 bridgehead atoms. The van der Waals surface area contributed by atoms with E-state index < -0.39 is 0 Å². The molecule has 1 fully saturated rings. The lowest BCUT2D eigenvalue weighted by Gasteiger charge is -2.12. The molecule has 2 aromatic heterocycles. The predicted octanol–water partition coefficient (Wildman–Crippen LogP) is 2.96. The van der Waals surface area contributed by atoms with Gasteiger partial charge in [0.25, 0.3) is 0 Å². The molecule has 1 aliphatic heterocycles. The van der Waals surface area contributed by atoms with Crippen LogP contribution in [0.15, 0.2) is 18.2 Å². The van der Waals surface area contributed by atoms with Crippen LogP contribution in [-0.2, 0) is 11.3 Å². The van der Waals surface area contributed by atoms with Crippen LogP contribution in [0, 0.1) is 12.7 Å². The lowest BCUT2D eigenvalue weighted by atomic mass is 10.2. The lowest BCUT2D eigenvalue weighted by Crippen LogP contribution is -2.19. The molecule has 0 radical (unpaired) electrons. The number of rotatable bonds is 5. The van der Waals surface area contributed by atoms with Crippen LogP contribution < -0.4 is 5.32 Å². The summed E-state index contributed by atoms with van der Waals surface area (Å²) < 4.78 is 21.2. The van der Waals surface area contributed by atoms with Crippen molar-refractivity contribution in [2.45, 2.75) is 32.4 Å². The quantitative estimate of drug-likeness (QED) is 0.737. The molecule has 26 heavy (non-hydrogen) atoms. The first-order chi connectivity index (χ1) is 12.6. The summed E-state index contributed by atoms with van der Waals surface area (Å²) in [6.45, 7) is 3.38. The van der Waals surface area contributed by atoms with Crippen molar-refractivity contribution in [2.24, 2.45) is 0 Å². The highest BCUT2D eigenvalue weighted by Gasteiger charge is 2.19. The van der Waals surface area contributed by atoms with Crippen LogP contribution in [0.1, 0.15) is 24.2 Å². The number of ether oxygens (including phenoxy) is 1. The van der Waals surface area contributed by atoms with Gasteiger partial charge in [0.1, 0.15) is 11.6 Å². The Balaban J connectivity index is 1.65. The number of halogens is 2. The highest BCUT2D eigenvalue weighted by atomic mass is 35.5. The number of hydrogen-bond donors (Lipinski definition) is 1. The van der Waals surface area contributed by atoms with Gasteiger partial charge in [-0.25, -0.2) is 19.0 Å². The number of anilines is 1. The standard InChI is InChI=1S/C17H18ClFN6O/c1-10-21-16(20-8-11-4-3-7-26-11)15-17(22-10)25(24-23-15)9-12-13(18)5-2-6-14(12)19/h2,5-6,11H,3-4,7-9H2,1H3,(H,20,21,22)/t11-/m1/s1. The van der Waals surface area contributed by atoms with Crippen LogP contribution in [0.3, 0.4) is 0 Å². The summed E-state index contributed by atoms with van der Waals surface area (Å²) in [6.07, 6.45) is 2.27. The zero-order valence-electron chi connectivity index (χ0n) is 14.2. The van der Waals surface area contributed by atoms with Gasteiger partial charge >= 0.3 is 0 Å². The van der Waals surface area contributed by atoms with E-state index in [4.69, 9.17) is 16.3 Å². The Kier molecular flexibility index (Phi) is 4.69. The van der Waals surface area contributed by atoms with Crippen LogP contribution in [0.5, 0.6) is 0 Å². The smallest absolute Gasteiger partial charge is 0.184 e. The van der Waals surface area contributed by atoms with Crippen molar-refractivity contribution in [3.63, 3.8) is 0 Å². The van der Waals surface area contributed by atoms with E-state index in [0.29, 0.717) is 39.9 Å². The summed E-state index contributed by atoms with van der Waals surface area (Å²) in [5, 5.41) is 11.9. The molecule has 0 aliphatic carbocycles. The lowest BCUT2D eigenvalue weighted by molar-refractivity contribution is 0.120. The molecule has 0 amide bonds. The number of hydrogen-bond acceptors (Lipinski definition) is 6. The van der Waals surface area contributed by atoms with Gasteiger partial charge in [-0.05, 0) is 31.9 Å². The van der Waals surface area contributed by atoms with E-state index >= 15 is 0 Å². The Morgan fingerprint density at radius 3 is 3.04 bits per heavy atom. The molecule has 3 aromatic rings. The van der Waals surface area contributed by atoms with Gasteiger partial charge in [-0.2, -0.15) is 0 Å². The minimum absolute atomic E-state index is 0.142. The van der Waals surface area contributed by atoms with E-state index in [1.807, 2.05) is 0 Å². The summed E-state index contributed by atoms with van der Waals surface area (Å²) in [5.74, 6) is 0.799. The molecule has 3 heterocycles. The fourth-order valence-corrected chi connectivity index (χ4v) is 3.27. The highest BCUT2D eigenvalue weighted by Crippen LogP contribution is 2.23. The van der Waals surface area contributed by atoms with E-state index in [2.05, 4.69) is 25.6 Å². The Bertz CT molecular complexity index is 920. The second-order valence-electron chi connectivity index (χ2n) is 6.25. The molecule has 4 rings (SSSR count). The maximum Gasteiger partial charge on any atom is 0.184 e. The molecule has 0 saturated carbocycles. The monoisotopic (exact) mass is 376 g/mol. The molecule has 1 saturated heterocycles. The zero-order valence-corrected chi connectivity index (χ0v) is 15.0. The minimum atomic E-state index is -0.386. The second-order valence-corrected chi connectivity index (χ2v) is 6.66. The predicted molar refractivity (Wildman–Crippen MR) is 95.8 cm³/mol. The number of nitrogens with one attached hydrogen (secondary N) is 1. The van der Waals surface area contributed by atoms with Crippen molar-refractivity contribution in [1.29, 1.82) is 0 Å². The molecular weight excluding hydrogens is 359 g/mol. The largest absolute Gasteiger partial charge is 0.376 e. The summed E-state index contributed by atoms with van der Waals surface area (Å²) in [4.78, 5) is 8.85. The van der Waals surface area contributed by atoms with E-state index in [9.17, 15) is 4.39 Å². The van der Waals surface area contributed by atoms with E-state index in [1.54, 1.807) is 19.1 Å². The summed E-state index contributed by atoms with van der Waals surface area (Å²) in [5.41, 5.74) is 1.43. The molecule has 0 unspecified atom stereocenters. The first-order valence-corrected chi connectivity index (χ1v) is 8.86. The number of aryl methyl sites for hydroxylation is 1. The third-order valence-electron chi connectivity index (χ3n) is 4.37. The Hall–Kier alpha value is -2.32. The van der Waals surface area contributed by atoms with E-state index in [0.717, 1.165) is 19.4 Å². The first kappa shape index (κ1) is 17.1. The number of aromatic nitrogens is 5. The van der Waals surface area contributed by atoms with Gasteiger partial charge in [-0.3, -0.25) is 0 Å². The number of fused-ring (bicyclic) bond motifs is 1. The fourth-order valence-electron chi connectivity index (χ4n) is 3.04. The van der Waals surface area contributed by atoms with E-state index in [1.165, 1.54) is 10.7 Å². The fraction of sp³-hybridized carbons (Fsp3) is 0.412. The van der Waals surface area contributed by atoms with Crippen LogP contribution in [0.2, 0.25) is 5.02 Å². The molecule has 0 spiro atoms. The molecular formula is C17H18ClFN6O. The first-order valence-electron chi connectivity index (χ1n) is 8.48. The van der Waals surface area contributed by atoms with Crippen LogP contribution in [0.25, 0.3) is 11.2 Å².